The Morgan fingerprint density at radius 3 is 2.19 bits per heavy atom. The molecule has 1 N–H and O–H groups in total. The predicted molar refractivity (Wildman–Crippen MR) is 112 cm³/mol. The molecule has 0 saturated heterocycles. The molecule has 0 fully saturated rings. The van der Waals surface area contributed by atoms with Gasteiger partial charge in [0.25, 0.3) is 0 Å². The van der Waals surface area contributed by atoms with Crippen LogP contribution in [0.5, 0.6) is 11.5 Å². The summed E-state index contributed by atoms with van der Waals surface area (Å²) < 4.78 is 11.7. The Balaban J connectivity index is 0.00000338. The van der Waals surface area contributed by atoms with Crippen LogP contribution in [0.15, 0.2) is 42.5 Å². The molecule has 26 heavy (non-hydrogen) atoms. The van der Waals surface area contributed by atoms with Gasteiger partial charge in [-0.15, -0.1) is 12.4 Å². The molecule has 0 unspecified atom stereocenters. The Labute approximate surface area is 168 Å². The van der Waals surface area contributed by atoms with Crippen LogP contribution in [0.2, 0.25) is 5.02 Å². The molecular weight excluding hydrogens is 369 g/mol. The Kier molecular flexibility index (Phi) is 9.28. The Morgan fingerprint density at radius 2 is 1.58 bits per heavy atom. The van der Waals surface area contributed by atoms with Crippen molar-refractivity contribution in [2.24, 2.45) is 0 Å². The molecule has 2 rings (SSSR count). The lowest BCUT2D eigenvalue weighted by atomic mass is 10.0. The van der Waals surface area contributed by atoms with Crippen molar-refractivity contribution in [2.45, 2.75) is 52.8 Å². The van der Waals surface area contributed by atoms with Crippen molar-refractivity contribution < 1.29 is 9.47 Å². The number of halogens is 2. The molecule has 3 nitrogen and oxygen atoms in total. The van der Waals surface area contributed by atoms with Crippen LogP contribution in [-0.4, -0.2) is 12.1 Å². The topological polar surface area (TPSA) is 30.5 Å². The van der Waals surface area contributed by atoms with E-state index >= 15 is 0 Å². The summed E-state index contributed by atoms with van der Waals surface area (Å²) in [5.74, 6) is 1.54. The van der Waals surface area contributed by atoms with Gasteiger partial charge in [-0.1, -0.05) is 36.7 Å². The van der Waals surface area contributed by atoms with Gasteiger partial charge in [0.15, 0.2) is 11.5 Å². The first kappa shape index (κ1) is 22.6. The number of hydrogen-bond donors (Lipinski definition) is 1. The first-order valence-corrected chi connectivity index (χ1v) is 9.19. The molecule has 144 valence electrons. The van der Waals surface area contributed by atoms with Crippen LogP contribution in [0.3, 0.4) is 0 Å². The zero-order valence-electron chi connectivity index (χ0n) is 16.0. The van der Waals surface area contributed by atoms with Crippen LogP contribution in [-0.2, 0) is 13.2 Å². The summed E-state index contributed by atoms with van der Waals surface area (Å²) in [7, 11) is 0. The molecule has 0 heterocycles. The smallest absolute Gasteiger partial charge is 0.161 e. The van der Waals surface area contributed by atoms with Gasteiger partial charge < -0.3 is 14.8 Å². The molecule has 0 aliphatic carbocycles. The molecule has 5 heteroatoms. The van der Waals surface area contributed by atoms with Crippen LogP contribution < -0.4 is 14.8 Å². The van der Waals surface area contributed by atoms with Gasteiger partial charge in [0.2, 0.25) is 0 Å². The van der Waals surface area contributed by atoms with Gasteiger partial charge >= 0.3 is 0 Å². The van der Waals surface area contributed by atoms with Crippen molar-refractivity contribution in [1.82, 2.24) is 5.32 Å². The third-order valence-electron chi connectivity index (χ3n) is 4.27. The summed E-state index contributed by atoms with van der Waals surface area (Å²) in [6, 6.07) is 13.8. The summed E-state index contributed by atoms with van der Waals surface area (Å²) >= 11 is 5.92. The highest BCUT2D eigenvalue weighted by molar-refractivity contribution is 6.30. The number of ether oxygens (including phenoxy) is 2. The van der Waals surface area contributed by atoms with Gasteiger partial charge in [-0.2, -0.15) is 0 Å². The molecule has 0 amide bonds. The van der Waals surface area contributed by atoms with Crippen LogP contribution in [0.4, 0.5) is 0 Å². The molecule has 2 aromatic carbocycles. The fraction of sp³-hybridized carbons (Fsp3) is 0.429. The maximum atomic E-state index is 5.95. The standard InChI is InChI=1S/C21H28ClNO2.ClH/c1-5-21(3,4)23-14-17-9-12-19(20(13-17)24-6-2)25-15-16-7-10-18(22)11-8-16;/h7-13,23H,5-6,14-15H2,1-4H3;1H. The SMILES string of the molecule is CCOc1cc(CNC(C)(C)CC)ccc1OCc1ccc(Cl)cc1.Cl. The largest absolute Gasteiger partial charge is 0.490 e. The maximum Gasteiger partial charge on any atom is 0.161 e. The van der Waals surface area contributed by atoms with Crippen molar-refractivity contribution in [3.63, 3.8) is 0 Å². The van der Waals surface area contributed by atoms with E-state index in [1.807, 2.05) is 37.3 Å². The fourth-order valence-corrected chi connectivity index (χ4v) is 2.38. The molecular formula is C21H29Cl2NO2. The summed E-state index contributed by atoms with van der Waals surface area (Å²) in [4.78, 5) is 0. The van der Waals surface area contributed by atoms with E-state index in [9.17, 15) is 0 Å². The summed E-state index contributed by atoms with van der Waals surface area (Å²) in [6.07, 6.45) is 1.08. The van der Waals surface area contributed by atoms with E-state index in [0.29, 0.717) is 13.2 Å². The van der Waals surface area contributed by atoms with Gasteiger partial charge in [0, 0.05) is 17.1 Å². The number of rotatable bonds is 9. The quantitative estimate of drug-likeness (QED) is 0.561. The van der Waals surface area contributed by atoms with Gasteiger partial charge in [-0.05, 0) is 62.6 Å². The van der Waals surface area contributed by atoms with E-state index in [1.165, 1.54) is 5.56 Å². The molecule has 0 aliphatic heterocycles. The lowest BCUT2D eigenvalue weighted by Gasteiger charge is -2.25. The lowest BCUT2D eigenvalue weighted by Crippen LogP contribution is -2.37. The van der Waals surface area contributed by atoms with Crippen molar-refractivity contribution in [3.8, 4) is 11.5 Å². The highest BCUT2D eigenvalue weighted by atomic mass is 35.5. The van der Waals surface area contributed by atoms with Gasteiger partial charge in [0.05, 0.1) is 6.61 Å². The molecule has 0 aromatic heterocycles. The molecule has 0 atom stereocenters. The minimum Gasteiger partial charge on any atom is -0.490 e. The summed E-state index contributed by atoms with van der Waals surface area (Å²) in [5.41, 5.74) is 2.38. The van der Waals surface area contributed by atoms with E-state index in [1.54, 1.807) is 0 Å². The summed E-state index contributed by atoms with van der Waals surface area (Å²) in [5, 5.41) is 4.30. The first-order valence-electron chi connectivity index (χ1n) is 8.81. The monoisotopic (exact) mass is 397 g/mol. The van der Waals surface area contributed by atoms with E-state index < -0.39 is 0 Å². The van der Waals surface area contributed by atoms with Gasteiger partial charge in [-0.25, -0.2) is 0 Å². The minimum atomic E-state index is 0. The van der Waals surface area contributed by atoms with E-state index in [4.69, 9.17) is 21.1 Å². The molecule has 0 spiro atoms. The second-order valence-electron chi connectivity index (χ2n) is 6.72. The highest BCUT2D eigenvalue weighted by Crippen LogP contribution is 2.29. The first-order chi connectivity index (χ1) is 11.9. The van der Waals surface area contributed by atoms with Crippen LogP contribution >= 0.6 is 24.0 Å². The molecule has 2 aromatic rings. The minimum absolute atomic E-state index is 0. The Bertz CT molecular complexity index is 672. The highest BCUT2D eigenvalue weighted by Gasteiger charge is 2.14. The van der Waals surface area contributed by atoms with Crippen molar-refractivity contribution >= 4 is 24.0 Å². The van der Waals surface area contributed by atoms with Crippen molar-refractivity contribution in [2.75, 3.05) is 6.61 Å². The van der Waals surface area contributed by atoms with Gasteiger partial charge in [-0.3, -0.25) is 0 Å². The number of benzene rings is 2. The maximum absolute atomic E-state index is 5.95. The lowest BCUT2D eigenvalue weighted by molar-refractivity contribution is 0.269. The van der Waals surface area contributed by atoms with Crippen LogP contribution in [0, 0.1) is 0 Å². The Hall–Kier alpha value is -1.42. The normalized spacial score (nSPS) is 11.0. The van der Waals surface area contributed by atoms with E-state index in [-0.39, 0.29) is 17.9 Å². The molecule has 0 saturated carbocycles. The van der Waals surface area contributed by atoms with Crippen molar-refractivity contribution in [3.05, 3.63) is 58.6 Å². The van der Waals surface area contributed by atoms with E-state index in [2.05, 4.69) is 38.2 Å². The third kappa shape index (κ3) is 7.06. The second-order valence-corrected chi connectivity index (χ2v) is 7.16. The second kappa shape index (κ2) is 10.7. The van der Waals surface area contributed by atoms with Crippen molar-refractivity contribution in [1.29, 1.82) is 0 Å². The Morgan fingerprint density at radius 1 is 0.923 bits per heavy atom. The average molecular weight is 398 g/mol. The number of nitrogens with one attached hydrogen (secondary N) is 1. The molecule has 0 bridgehead atoms. The van der Waals surface area contributed by atoms with Gasteiger partial charge in [0.1, 0.15) is 6.61 Å². The van der Waals surface area contributed by atoms with Crippen LogP contribution in [0.1, 0.15) is 45.2 Å². The zero-order valence-corrected chi connectivity index (χ0v) is 17.5. The average Bonchev–Trinajstić information content (AvgIpc) is 2.61. The predicted octanol–water partition coefficient (Wildman–Crippen LogP) is 6.02. The molecule has 0 aliphatic rings. The van der Waals surface area contributed by atoms with E-state index in [0.717, 1.165) is 35.1 Å². The zero-order chi connectivity index (χ0) is 18.3. The van der Waals surface area contributed by atoms with Crippen LogP contribution in [0.25, 0.3) is 0 Å². The third-order valence-corrected chi connectivity index (χ3v) is 4.52. The number of hydrogen-bond acceptors (Lipinski definition) is 3. The fourth-order valence-electron chi connectivity index (χ4n) is 2.26. The summed E-state index contributed by atoms with van der Waals surface area (Å²) in [6.45, 7) is 10.5. The molecule has 0 radical (unpaired) electrons.